The fraction of sp³-hybridized carbons (Fsp3) is 0.207. The molecule has 5 rings (SSSR count). The second kappa shape index (κ2) is 11.4. The Bertz CT molecular complexity index is 1350. The monoisotopic (exact) mass is 620 g/mol. The van der Waals surface area contributed by atoms with Gasteiger partial charge in [0.1, 0.15) is 6.17 Å². The Kier molecular flexibility index (Phi) is 7.86. The lowest BCUT2D eigenvalue weighted by Crippen LogP contribution is -2.49. The summed E-state index contributed by atoms with van der Waals surface area (Å²) < 4.78 is 7.36. The van der Waals surface area contributed by atoms with Gasteiger partial charge in [0.15, 0.2) is 0 Å². The van der Waals surface area contributed by atoms with Gasteiger partial charge in [-0.1, -0.05) is 56.1 Å². The summed E-state index contributed by atoms with van der Waals surface area (Å²) in [6, 6.07) is 22.5. The molecule has 37 heavy (non-hydrogen) atoms. The van der Waals surface area contributed by atoms with Gasteiger partial charge in [-0.05, 0) is 71.1 Å². The Labute approximate surface area is 233 Å². The van der Waals surface area contributed by atoms with Gasteiger partial charge in [0.25, 0.3) is 0 Å². The predicted molar refractivity (Wildman–Crippen MR) is 152 cm³/mol. The highest BCUT2D eigenvalue weighted by Crippen LogP contribution is 2.39. The fourth-order valence-electron chi connectivity index (χ4n) is 4.96. The largest absolute Gasteiger partial charge is 0.453 e. The van der Waals surface area contributed by atoms with E-state index in [1.54, 1.807) is 12.4 Å². The van der Waals surface area contributed by atoms with Gasteiger partial charge in [-0.2, -0.15) is 0 Å². The Morgan fingerprint density at radius 2 is 1.73 bits per heavy atom. The molecule has 0 bridgehead atoms. The second-order valence-corrected chi connectivity index (χ2v) is 10.7. The van der Waals surface area contributed by atoms with Crippen molar-refractivity contribution in [3.63, 3.8) is 0 Å². The lowest BCUT2D eigenvalue weighted by molar-refractivity contribution is 0.0996. The number of hydrogen-bond acceptors (Lipinski definition) is 5. The third-order valence-electron chi connectivity index (χ3n) is 6.72. The van der Waals surface area contributed by atoms with E-state index in [2.05, 4.69) is 83.1 Å². The number of rotatable bonds is 6. The van der Waals surface area contributed by atoms with Crippen LogP contribution >= 0.6 is 31.9 Å². The lowest BCUT2D eigenvalue weighted by Gasteiger charge is -2.45. The topological polar surface area (TPSA) is 58.6 Å². The Balaban J connectivity index is 1.64. The number of methoxy groups -OCH3 is 1. The molecule has 2 atom stereocenters. The first-order valence-electron chi connectivity index (χ1n) is 12.0. The zero-order valence-corrected chi connectivity index (χ0v) is 23.5. The third kappa shape index (κ3) is 5.55. The molecule has 6 nitrogen and oxygen atoms in total. The Hall–Kier alpha value is -3.23. The molecule has 2 unspecified atom stereocenters. The molecule has 0 fully saturated rings. The molecule has 3 heterocycles. The summed E-state index contributed by atoms with van der Waals surface area (Å²) in [6.45, 7) is 1.14. The van der Waals surface area contributed by atoms with Crippen molar-refractivity contribution in [3.05, 3.63) is 123 Å². The van der Waals surface area contributed by atoms with E-state index in [1.807, 2.05) is 47.6 Å². The molecule has 1 aliphatic rings. The summed E-state index contributed by atoms with van der Waals surface area (Å²) in [5.41, 5.74) is 5.34. The number of carbonyl (C=O) groups excluding carboxylic acids is 1. The van der Waals surface area contributed by atoms with Crippen LogP contribution in [-0.2, 0) is 11.2 Å². The maximum absolute atomic E-state index is 13.6. The summed E-state index contributed by atoms with van der Waals surface area (Å²) in [6.07, 6.45) is 7.33. The molecule has 0 aliphatic carbocycles. The standard InChI is InChI=1S/C29H26Br2N4O2/c1-37-29(36)35(19-27(22-4-2-13-32-17-22)20-6-9-23(30)10-7-20)28-26-16-24(31)11-8-21(26)12-15-34(28)25-5-3-14-33-18-25/h2-11,13-14,16-18,27-28H,12,15,19H2,1H3. The number of ether oxygens (including phenoxy) is 1. The molecule has 188 valence electrons. The summed E-state index contributed by atoms with van der Waals surface area (Å²) in [7, 11) is 1.44. The van der Waals surface area contributed by atoms with Crippen molar-refractivity contribution in [2.75, 3.05) is 25.1 Å². The third-order valence-corrected chi connectivity index (χ3v) is 7.75. The number of carbonyl (C=O) groups is 1. The zero-order valence-electron chi connectivity index (χ0n) is 20.3. The molecule has 4 aromatic rings. The molecule has 1 amide bonds. The van der Waals surface area contributed by atoms with Crippen molar-refractivity contribution < 1.29 is 9.53 Å². The smallest absolute Gasteiger partial charge is 0.411 e. The van der Waals surface area contributed by atoms with Crippen LogP contribution in [0, 0.1) is 0 Å². The minimum Gasteiger partial charge on any atom is -0.453 e. The van der Waals surface area contributed by atoms with Gasteiger partial charge in [-0.25, -0.2) is 4.79 Å². The van der Waals surface area contributed by atoms with Crippen molar-refractivity contribution in [1.29, 1.82) is 0 Å². The predicted octanol–water partition coefficient (Wildman–Crippen LogP) is 6.96. The number of anilines is 1. The molecule has 1 aliphatic heterocycles. The highest BCUT2D eigenvalue weighted by molar-refractivity contribution is 9.10. The summed E-state index contributed by atoms with van der Waals surface area (Å²) in [4.78, 5) is 26.4. The fourth-order valence-corrected chi connectivity index (χ4v) is 5.61. The van der Waals surface area contributed by atoms with E-state index >= 15 is 0 Å². The molecule has 0 spiro atoms. The normalized spacial score (nSPS) is 15.5. The Morgan fingerprint density at radius 3 is 2.41 bits per heavy atom. The average Bonchev–Trinajstić information content (AvgIpc) is 2.94. The lowest BCUT2D eigenvalue weighted by atomic mass is 9.90. The zero-order chi connectivity index (χ0) is 25.8. The van der Waals surface area contributed by atoms with Crippen LogP contribution in [0.4, 0.5) is 10.5 Å². The molecule has 0 N–H and O–H groups in total. The van der Waals surface area contributed by atoms with Gasteiger partial charge in [0.2, 0.25) is 0 Å². The summed E-state index contributed by atoms with van der Waals surface area (Å²) >= 11 is 7.19. The van der Waals surface area contributed by atoms with Crippen LogP contribution in [0.25, 0.3) is 0 Å². The highest BCUT2D eigenvalue weighted by Gasteiger charge is 2.37. The maximum atomic E-state index is 13.6. The summed E-state index contributed by atoms with van der Waals surface area (Å²) in [5, 5.41) is 0. The van der Waals surface area contributed by atoms with E-state index in [0.717, 1.165) is 44.3 Å². The maximum Gasteiger partial charge on any atom is 0.411 e. The number of hydrogen-bond donors (Lipinski definition) is 0. The van der Waals surface area contributed by atoms with Crippen LogP contribution in [0.5, 0.6) is 0 Å². The molecule has 0 saturated carbocycles. The van der Waals surface area contributed by atoms with E-state index in [-0.39, 0.29) is 12.1 Å². The van der Waals surface area contributed by atoms with Crippen LogP contribution < -0.4 is 4.90 Å². The van der Waals surface area contributed by atoms with Crippen molar-refractivity contribution in [1.82, 2.24) is 14.9 Å². The molecule has 0 saturated heterocycles. The Morgan fingerprint density at radius 1 is 1.00 bits per heavy atom. The quantitative estimate of drug-likeness (QED) is 0.233. The van der Waals surface area contributed by atoms with Crippen molar-refractivity contribution in [2.24, 2.45) is 0 Å². The van der Waals surface area contributed by atoms with E-state index in [1.165, 1.54) is 12.7 Å². The SMILES string of the molecule is COC(=O)N(CC(c1ccc(Br)cc1)c1cccnc1)C1c2cc(Br)ccc2CCN1c1cccnc1. The number of halogens is 2. The average molecular weight is 622 g/mol. The molecule has 8 heteroatoms. The highest BCUT2D eigenvalue weighted by atomic mass is 79.9. The van der Waals surface area contributed by atoms with Crippen LogP contribution in [-0.4, -0.2) is 41.2 Å². The second-order valence-electron chi connectivity index (χ2n) is 8.88. The minimum atomic E-state index is -0.391. The van der Waals surface area contributed by atoms with Crippen LogP contribution in [0.15, 0.2) is 100 Å². The first-order chi connectivity index (χ1) is 18.0. The van der Waals surface area contributed by atoms with Crippen LogP contribution in [0.1, 0.15) is 34.3 Å². The minimum absolute atomic E-state index is 0.117. The van der Waals surface area contributed by atoms with E-state index in [9.17, 15) is 4.79 Å². The molecular formula is C29H26Br2N4O2. The molecule has 2 aromatic heterocycles. The first kappa shape index (κ1) is 25.4. The van der Waals surface area contributed by atoms with Gasteiger partial charge in [0.05, 0.1) is 19.0 Å². The number of pyridine rings is 2. The van der Waals surface area contributed by atoms with Crippen molar-refractivity contribution >= 4 is 43.6 Å². The van der Waals surface area contributed by atoms with E-state index < -0.39 is 6.09 Å². The van der Waals surface area contributed by atoms with Gasteiger partial charge < -0.3 is 9.64 Å². The number of aromatic nitrogens is 2. The molecule has 2 aromatic carbocycles. The number of nitrogens with zero attached hydrogens (tertiary/aromatic N) is 4. The first-order valence-corrected chi connectivity index (χ1v) is 13.6. The van der Waals surface area contributed by atoms with Gasteiger partial charge in [-0.15, -0.1) is 0 Å². The van der Waals surface area contributed by atoms with Gasteiger partial charge in [-0.3, -0.25) is 14.9 Å². The molecule has 0 radical (unpaired) electrons. The number of amides is 1. The molecular weight excluding hydrogens is 596 g/mol. The van der Waals surface area contributed by atoms with Gasteiger partial charge in [0, 0.05) is 46.5 Å². The van der Waals surface area contributed by atoms with Crippen molar-refractivity contribution in [3.8, 4) is 0 Å². The van der Waals surface area contributed by atoms with E-state index in [0.29, 0.717) is 6.54 Å². The number of fused-ring (bicyclic) bond motifs is 1. The van der Waals surface area contributed by atoms with Crippen LogP contribution in [0.3, 0.4) is 0 Å². The number of benzene rings is 2. The van der Waals surface area contributed by atoms with Crippen molar-refractivity contribution in [2.45, 2.75) is 18.5 Å². The van der Waals surface area contributed by atoms with E-state index in [4.69, 9.17) is 4.74 Å². The van der Waals surface area contributed by atoms with Gasteiger partial charge >= 0.3 is 6.09 Å². The summed E-state index contributed by atoms with van der Waals surface area (Å²) in [5.74, 6) is -0.117. The van der Waals surface area contributed by atoms with Crippen LogP contribution in [0.2, 0.25) is 0 Å².